The Morgan fingerprint density at radius 3 is 3.00 bits per heavy atom. The lowest BCUT2D eigenvalue weighted by atomic mass is 10.1. The Bertz CT molecular complexity index is 447. The summed E-state index contributed by atoms with van der Waals surface area (Å²) in [6.07, 6.45) is 1.09. The number of benzene rings is 1. The Labute approximate surface area is 115 Å². The summed E-state index contributed by atoms with van der Waals surface area (Å²) in [6, 6.07) is 8.99. The molecule has 1 heterocycles. The fraction of sp³-hybridized carbons (Fsp3) is 0.533. The normalized spacial score (nSPS) is 19.1. The molecule has 0 saturated carbocycles. The Hall–Kier alpha value is -1.55. The van der Waals surface area contributed by atoms with Crippen molar-refractivity contribution in [3.05, 3.63) is 29.8 Å². The number of anilines is 1. The fourth-order valence-corrected chi connectivity index (χ4v) is 2.55. The molecule has 0 saturated heterocycles. The molecule has 0 aliphatic carbocycles. The molecular formula is C15H23N3O. The summed E-state index contributed by atoms with van der Waals surface area (Å²) in [6.45, 7) is 5.99. The van der Waals surface area contributed by atoms with Crippen LogP contribution in [0.4, 0.5) is 5.69 Å². The largest absolute Gasteiger partial charge is 0.367 e. The molecule has 1 aliphatic heterocycles. The molecule has 104 valence electrons. The van der Waals surface area contributed by atoms with Gasteiger partial charge in [-0.15, -0.1) is 0 Å². The van der Waals surface area contributed by atoms with Crippen LogP contribution in [0.15, 0.2) is 24.3 Å². The molecule has 1 aliphatic rings. The third kappa shape index (κ3) is 3.07. The van der Waals surface area contributed by atoms with Crippen LogP contribution in [-0.4, -0.2) is 31.6 Å². The SMILES string of the molecule is CC(CN)C(=O)NCCN1c2ccccc2CC1C. The summed E-state index contributed by atoms with van der Waals surface area (Å²) < 4.78 is 0. The minimum absolute atomic E-state index is 0.0441. The molecular weight excluding hydrogens is 238 g/mol. The van der Waals surface area contributed by atoms with E-state index in [9.17, 15) is 4.79 Å². The number of amides is 1. The maximum Gasteiger partial charge on any atom is 0.224 e. The lowest BCUT2D eigenvalue weighted by molar-refractivity contribution is -0.124. The highest BCUT2D eigenvalue weighted by Crippen LogP contribution is 2.31. The third-order valence-electron chi connectivity index (χ3n) is 3.80. The average Bonchev–Trinajstić information content (AvgIpc) is 2.74. The molecule has 19 heavy (non-hydrogen) atoms. The van der Waals surface area contributed by atoms with E-state index in [2.05, 4.69) is 41.4 Å². The van der Waals surface area contributed by atoms with E-state index < -0.39 is 0 Å². The van der Waals surface area contributed by atoms with Gasteiger partial charge in [-0.2, -0.15) is 0 Å². The summed E-state index contributed by atoms with van der Waals surface area (Å²) in [5.74, 6) is -0.0640. The Kier molecular flexibility index (Phi) is 4.43. The van der Waals surface area contributed by atoms with Crippen molar-refractivity contribution in [2.24, 2.45) is 11.7 Å². The molecule has 1 aromatic rings. The predicted octanol–water partition coefficient (Wildman–Crippen LogP) is 1.15. The number of hydrogen-bond acceptors (Lipinski definition) is 3. The standard InChI is InChI=1S/C15H23N3O/c1-11(10-16)15(19)17-7-8-18-12(2)9-13-5-3-4-6-14(13)18/h3-6,11-12H,7-10,16H2,1-2H3,(H,17,19). The summed E-state index contributed by atoms with van der Waals surface area (Å²) >= 11 is 0. The van der Waals surface area contributed by atoms with E-state index in [1.807, 2.05) is 6.92 Å². The molecule has 0 fully saturated rings. The van der Waals surface area contributed by atoms with E-state index in [1.165, 1.54) is 11.3 Å². The van der Waals surface area contributed by atoms with E-state index in [0.29, 0.717) is 19.1 Å². The number of nitrogens with zero attached hydrogens (tertiary/aromatic N) is 1. The monoisotopic (exact) mass is 261 g/mol. The van der Waals surface area contributed by atoms with Gasteiger partial charge in [0.1, 0.15) is 0 Å². The summed E-state index contributed by atoms with van der Waals surface area (Å²) in [5.41, 5.74) is 8.18. The number of carbonyl (C=O) groups is 1. The highest BCUT2D eigenvalue weighted by Gasteiger charge is 2.24. The maximum atomic E-state index is 11.7. The summed E-state index contributed by atoms with van der Waals surface area (Å²) in [7, 11) is 0. The first-order valence-corrected chi connectivity index (χ1v) is 6.95. The van der Waals surface area contributed by atoms with Gasteiger partial charge in [0.25, 0.3) is 0 Å². The molecule has 0 spiro atoms. The molecule has 3 N–H and O–H groups in total. The number of rotatable bonds is 5. The van der Waals surface area contributed by atoms with Crippen LogP contribution in [0, 0.1) is 5.92 Å². The zero-order valence-electron chi connectivity index (χ0n) is 11.7. The van der Waals surface area contributed by atoms with Crippen molar-refractivity contribution in [3.8, 4) is 0 Å². The lowest BCUT2D eigenvalue weighted by Gasteiger charge is -2.25. The van der Waals surface area contributed by atoms with Gasteiger partial charge in [-0.25, -0.2) is 0 Å². The highest BCUT2D eigenvalue weighted by molar-refractivity contribution is 5.78. The van der Waals surface area contributed by atoms with Crippen LogP contribution in [0.2, 0.25) is 0 Å². The van der Waals surface area contributed by atoms with Crippen LogP contribution >= 0.6 is 0 Å². The van der Waals surface area contributed by atoms with Gasteiger partial charge in [0.2, 0.25) is 5.91 Å². The van der Waals surface area contributed by atoms with Gasteiger partial charge >= 0.3 is 0 Å². The number of nitrogens with two attached hydrogens (primary N) is 1. The predicted molar refractivity (Wildman–Crippen MR) is 78.2 cm³/mol. The maximum absolute atomic E-state index is 11.7. The van der Waals surface area contributed by atoms with Crippen LogP contribution in [0.1, 0.15) is 19.4 Å². The van der Waals surface area contributed by atoms with Crippen molar-refractivity contribution in [2.45, 2.75) is 26.3 Å². The van der Waals surface area contributed by atoms with Gasteiger partial charge in [0.15, 0.2) is 0 Å². The molecule has 0 aromatic heterocycles. The number of nitrogens with one attached hydrogen (secondary N) is 1. The van der Waals surface area contributed by atoms with Crippen molar-refractivity contribution < 1.29 is 4.79 Å². The van der Waals surface area contributed by atoms with Gasteiger partial charge in [0, 0.05) is 37.3 Å². The number of para-hydroxylation sites is 1. The van der Waals surface area contributed by atoms with Crippen LogP contribution in [0.25, 0.3) is 0 Å². The molecule has 4 heteroatoms. The van der Waals surface area contributed by atoms with Crippen LogP contribution in [0.5, 0.6) is 0 Å². The first-order valence-electron chi connectivity index (χ1n) is 6.95. The van der Waals surface area contributed by atoms with Crippen molar-refractivity contribution in [3.63, 3.8) is 0 Å². The van der Waals surface area contributed by atoms with E-state index in [1.54, 1.807) is 0 Å². The average molecular weight is 261 g/mol. The van der Waals surface area contributed by atoms with E-state index in [0.717, 1.165) is 13.0 Å². The summed E-state index contributed by atoms with van der Waals surface area (Å²) in [5, 5.41) is 2.95. The van der Waals surface area contributed by atoms with Crippen molar-refractivity contribution in [1.82, 2.24) is 5.32 Å². The molecule has 2 rings (SSSR count). The minimum atomic E-state index is -0.108. The van der Waals surface area contributed by atoms with E-state index >= 15 is 0 Å². The Balaban J connectivity index is 1.88. The molecule has 4 nitrogen and oxygen atoms in total. The van der Waals surface area contributed by atoms with Gasteiger partial charge < -0.3 is 16.0 Å². The van der Waals surface area contributed by atoms with E-state index in [4.69, 9.17) is 5.73 Å². The number of carbonyl (C=O) groups excluding carboxylic acids is 1. The van der Waals surface area contributed by atoms with Gasteiger partial charge in [-0.1, -0.05) is 25.1 Å². The van der Waals surface area contributed by atoms with E-state index in [-0.39, 0.29) is 11.8 Å². The molecule has 2 unspecified atom stereocenters. The topological polar surface area (TPSA) is 58.4 Å². The smallest absolute Gasteiger partial charge is 0.224 e. The zero-order chi connectivity index (χ0) is 13.8. The van der Waals surface area contributed by atoms with Crippen LogP contribution in [-0.2, 0) is 11.2 Å². The second kappa shape index (κ2) is 6.06. The second-order valence-corrected chi connectivity index (χ2v) is 5.30. The summed E-state index contributed by atoms with van der Waals surface area (Å²) in [4.78, 5) is 14.0. The number of hydrogen-bond donors (Lipinski definition) is 2. The Morgan fingerprint density at radius 1 is 1.53 bits per heavy atom. The molecule has 0 radical (unpaired) electrons. The molecule has 0 bridgehead atoms. The number of fused-ring (bicyclic) bond motifs is 1. The highest BCUT2D eigenvalue weighted by atomic mass is 16.1. The lowest BCUT2D eigenvalue weighted by Crippen LogP contribution is -2.40. The molecule has 1 aromatic carbocycles. The van der Waals surface area contributed by atoms with Crippen LogP contribution < -0.4 is 16.0 Å². The van der Waals surface area contributed by atoms with Crippen molar-refractivity contribution in [2.75, 3.05) is 24.5 Å². The second-order valence-electron chi connectivity index (χ2n) is 5.30. The van der Waals surface area contributed by atoms with Crippen LogP contribution in [0.3, 0.4) is 0 Å². The third-order valence-corrected chi connectivity index (χ3v) is 3.80. The van der Waals surface area contributed by atoms with Crippen molar-refractivity contribution in [1.29, 1.82) is 0 Å². The fourth-order valence-electron chi connectivity index (χ4n) is 2.55. The first kappa shape index (κ1) is 13.9. The quantitative estimate of drug-likeness (QED) is 0.836. The van der Waals surface area contributed by atoms with Gasteiger partial charge in [0.05, 0.1) is 0 Å². The zero-order valence-corrected chi connectivity index (χ0v) is 11.7. The van der Waals surface area contributed by atoms with Gasteiger partial charge in [-0.05, 0) is 25.0 Å². The molecule has 1 amide bonds. The Morgan fingerprint density at radius 2 is 2.26 bits per heavy atom. The van der Waals surface area contributed by atoms with Gasteiger partial charge in [-0.3, -0.25) is 4.79 Å². The molecule has 2 atom stereocenters. The minimum Gasteiger partial charge on any atom is -0.367 e. The first-order chi connectivity index (χ1) is 9.13. The van der Waals surface area contributed by atoms with Crippen molar-refractivity contribution >= 4 is 11.6 Å².